The number of carbonyl (C=O) groups excluding carboxylic acids is 1. The average molecular weight is 852 g/mol. The molecule has 8 aromatic rings. The number of anilines is 2. The Morgan fingerprint density at radius 3 is 1.78 bits per heavy atom. The summed E-state index contributed by atoms with van der Waals surface area (Å²) in [5.41, 5.74) is 11.2. The van der Waals surface area contributed by atoms with Crippen LogP contribution in [0, 0.1) is 11.6 Å². The number of nitrogens with one attached hydrogen (secondary N) is 5. The molecule has 16 nitrogen and oxygen atoms in total. The summed E-state index contributed by atoms with van der Waals surface area (Å²) in [5.74, 6) is -0.928. The molecule has 2 aromatic carbocycles. The van der Waals surface area contributed by atoms with Crippen LogP contribution in [-0.2, 0) is 25.9 Å². The zero-order valence-electron chi connectivity index (χ0n) is 33.7. The fourth-order valence-electron chi connectivity index (χ4n) is 5.84. The third-order valence-corrected chi connectivity index (χ3v) is 8.99. The summed E-state index contributed by atoms with van der Waals surface area (Å²) in [4.78, 5) is 45.2. The molecule has 18 heteroatoms. The smallest absolute Gasteiger partial charge is 0.341 e. The lowest BCUT2D eigenvalue weighted by Crippen LogP contribution is -2.25. The predicted octanol–water partition coefficient (Wildman–Crippen LogP) is 6.49. The van der Waals surface area contributed by atoms with E-state index in [1.807, 2.05) is 42.5 Å². The lowest BCUT2D eigenvalue weighted by atomic mass is 10.1. The number of benzene rings is 2. The Hall–Kier alpha value is -8.25. The number of amides is 1. The SMILES string of the molecule is NCc1ccccn1.O=C(NCc1ccccn1)c1ccc(-c2cn[nH]c2)nc1NCCc1cccc(F)c1.O=C(O)c1cnc(-c2cn[nH]c2)nc1NCCc1cccc(F)c1. The monoisotopic (exact) mass is 851 g/mol. The van der Waals surface area contributed by atoms with Gasteiger partial charge in [0.15, 0.2) is 5.82 Å². The molecule has 0 fully saturated rings. The van der Waals surface area contributed by atoms with E-state index in [-0.39, 0.29) is 28.9 Å². The van der Waals surface area contributed by atoms with E-state index in [2.05, 4.69) is 61.3 Å². The second kappa shape index (κ2) is 22.9. The van der Waals surface area contributed by atoms with Crippen molar-refractivity contribution in [2.75, 3.05) is 23.7 Å². The number of rotatable bonds is 15. The summed E-state index contributed by atoms with van der Waals surface area (Å²) in [6, 6.07) is 27.5. The fourth-order valence-corrected chi connectivity index (χ4v) is 5.84. The van der Waals surface area contributed by atoms with Crippen LogP contribution in [0.15, 0.2) is 140 Å². The highest BCUT2D eigenvalue weighted by Gasteiger charge is 2.16. The number of halogens is 2. The molecule has 0 aliphatic carbocycles. The van der Waals surface area contributed by atoms with Gasteiger partial charge in [-0.2, -0.15) is 10.2 Å². The number of hydrogen-bond acceptors (Lipinski definition) is 12. The van der Waals surface area contributed by atoms with Gasteiger partial charge in [0, 0.05) is 56.2 Å². The molecule has 1 amide bonds. The maximum atomic E-state index is 13.4. The van der Waals surface area contributed by atoms with E-state index in [1.54, 1.807) is 67.5 Å². The molecule has 63 heavy (non-hydrogen) atoms. The van der Waals surface area contributed by atoms with Crippen LogP contribution in [0.4, 0.5) is 20.4 Å². The van der Waals surface area contributed by atoms with Crippen LogP contribution in [0.2, 0.25) is 0 Å². The van der Waals surface area contributed by atoms with Crippen LogP contribution in [0.5, 0.6) is 0 Å². The normalized spacial score (nSPS) is 10.4. The molecule has 0 radical (unpaired) electrons. The van der Waals surface area contributed by atoms with Gasteiger partial charge < -0.3 is 26.8 Å². The van der Waals surface area contributed by atoms with E-state index in [0.717, 1.165) is 28.1 Å². The Kier molecular flexibility index (Phi) is 16.1. The molecule has 0 bridgehead atoms. The van der Waals surface area contributed by atoms with Crippen LogP contribution in [0.3, 0.4) is 0 Å². The van der Waals surface area contributed by atoms with Crippen molar-refractivity contribution >= 4 is 23.5 Å². The van der Waals surface area contributed by atoms with Gasteiger partial charge in [-0.05, 0) is 84.6 Å². The number of aromatic nitrogens is 9. The van der Waals surface area contributed by atoms with E-state index >= 15 is 0 Å². The number of nitrogens with zero attached hydrogens (tertiary/aromatic N) is 7. The lowest BCUT2D eigenvalue weighted by Gasteiger charge is -2.13. The Balaban J connectivity index is 0.000000182. The molecular formula is C45H43F2N13O3. The molecule has 0 unspecified atom stereocenters. The number of aromatic amines is 2. The highest BCUT2D eigenvalue weighted by molar-refractivity contribution is 5.99. The van der Waals surface area contributed by atoms with Crippen molar-refractivity contribution < 1.29 is 23.5 Å². The standard InChI is InChI=1S/C23H21FN6O.C16H14FN5O2.C6H8N2/c24-18-5-3-4-16(12-18)9-11-26-22-20(7-8-21(30-22)17-13-28-29-14-17)23(31)27-15-19-6-1-2-10-25-19;17-12-3-1-2-10(6-12)4-5-18-15-13(16(23)24)9-19-14(22-15)11-7-20-21-8-11;7-5-6-3-1-2-4-8-6/h1-8,10,12-14H,9,11,15H2,(H,26,30)(H,27,31)(H,28,29);1-3,6-9H,4-5H2,(H,20,21)(H,23,24)(H,18,19,22);1-4H,5,7H2. The maximum Gasteiger partial charge on any atom is 0.341 e. The number of H-pyrrole nitrogens is 2. The summed E-state index contributed by atoms with van der Waals surface area (Å²) in [6.45, 7) is 1.74. The van der Waals surface area contributed by atoms with Gasteiger partial charge in [-0.15, -0.1) is 0 Å². The van der Waals surface area contributed by atoms with Crippen LogP contribution >= 0.6 is 0 Å². The molecule has 0 aliphatic rings. The van der Waals surface area contributed by atoms with Gasteiger partial charge in [0.05, 0.1) is 47.1 Å². The Morgan fingerprint density at radius 2 is 1.25 bits per heavy atom. The van der Waals surface area contributed by atoms with Crippen molar-refractivity contribution in [2.45, 2.75) is 25.9 Å². The van der Waals surface area contributed by atoms with Gasteiger partial charge in [0.1, 0.15) is 28.8 Å². The van der Waals surface area contributed by atoms with Crippen LogP contribution in [-0.4, -0.2) is 75.4 Å². The van der Waals surface area contributed by atoms with Crippen LogP contribution in [0.1, 0.15) is 43.2 Å². The van der Waals surface area contributed by atoms with Gasteiger partial charge in [0.2, 0.25) is 0 Å². The van der Waals surface area contributed by atoms with Crippen molar-refractivity contribution in [3.8, 4) is 22.6 Å². The first kappa shape index (κ1) is 44.3. The highest BCUT2D eigenvalue weighted by atomic mass is 19.1. The number of carboxylic acid groups (broad SMARTS) is 1. The molecular weight excluding hydrogens is 809 g/mol. The van der Waals surface area contributed by atoms with Crippen molar-refractivity contribution in [2.24, 2.45) is 5.73 Å². The van der Waals surface area contributed by atoms with Gasteiger partial charge in [-0.25, -0.2) is 28.5 Å². The summed E-state index contributed by atoms with van der Waals surface area (Å²) in [5, 5.41) is 31.5. The summed E-state index contributed by atoms with van der Waals surface area (Å²) < 4.78 is 26.6. The number of aromatic carboxylic acids is 1. The molecule has 0 saturated carbocycles. The topological polar surface area (TPSA) is 238 Å². The minimum atomic E-state index is -1.12. The second-order valence-electron chi connectivity index (χ2n) is 13.5. The van der Waals surface area contributed by atoms with Crippen molar-refractivity contribution in [3.05, 3.63) is 186 Å². The first-order chi connectivity index (χ1) is 30.7. The largest absolute Gasteiger partial charge is 0.477 e. The number of hydrogen-bond donors (Lipinski definition) is 7. The third kappa shape index (κ3) is 13.6. The van der Waals surface area contributed by atoms with E-state index in [4.69, 9.17) is 5.73 Å². The Labute approximate surface area is 360 Å². The predicted molar refractivity (Wildman–Crippen MR) is 233 cm³/mol. The molecule has 0 saturated heterocycles. The molecule has 0 aliphatic heterocycles. The Morgan fingerprint density at radius 1 is 0.651 bits per heavy atom. The molecule has 320 valence electrons. The zero-order chi connectivity index (χ0) is 44.2. The summed E-state index contributed by atoms with van der Waals surface area (Å²) in [7, 11) is 0. The molecule has 6 heterocycles. The van der Waals surface area contributed by atoms with E-state index in [1.165, 1.54) is 30.5 Å². The molecule has 0 atom stereocenters. The quantitative estimate of drug-likeness (QED) is 0.0585. The summed E-state index contributed by atoms with van der Waals surface area (Å²) >= 11 is 0. The number of carboxylic acids is 1. The van der Waals surface area contributed by atoms with Crippen LogP contribution < -0.4 is 21.7 Å². The minimum absolute atomic E-state index is 0.0264. The van der Waals surface area contributed by atoms with Crippen molar-refractivity contribution in [3.63, 3.8) is 0 Å². The molecule has 8 rings (SSSR count). The summed E-state index contributed by atoms with van der Waals surface area (Å²) in [6.07, 6.45) is 12.4. The molecule has 0 spiro atoms. The van der Waals surface area contributed by atoms with E-state index < -0.39 is 5.97 Å². The van der Waals surface area contributed by atoms with Gasteiger partial charge in [-0.3, -0.25) is 25.0 Å². The van der Waals surface area contributed by atoms with E-state index in [0.29, 0.717) is 67.5 Å². The minimum Gasteiger partial charge on any atom is -0.477 e. The average Bonchev–Trinajstić information content (AvgIpc) is 4.06. The number of nitrogens with two attached hydrogens (primary N) is 1. The maximum absolute atomic E-state index is 13.4. The second-order valence-corrected chi connectivity index (χ2v) is 13.5. The fraction of sp³-hybridized carbons (Fsp3) is 0.133. The molecule has 6 aromatic heterocycles. The highest BCUT2D eigenvalue weighted by Crippen LogP contribution is 2.22. The van der Waals surface area contributed by atoms with Crippen molar-refractivity contribution in [1.29, 1.82) is 0 Å². The zero-order valence-corrected chi connectivity index (χ0v) is 33.7. The molecule has 8 N–H and O–H groups in total. The first-order valence-corrected chi connectivity index (χ1v) is 19.6. The van der Waals surface area contributed by atoms with Crippen molar-refractivity contribution in [1.82, 2.24) is 50.6 Å². The van der Waals surface area contributed by atoms with Gasteiger partial charge in [-0.1, -0.05) is 36.4 Å². The first-order valence-electron chi connectivity index (χ1n) is 19.6. The third-order valence-electron chi connectivity index (χ3n) is 8.99. The van der Waals surface area contributed by atoms with Gasteiger partial charge in [0.25, 0.3) is 5.91 Å². The van der Waals surface area contributed by atoms with Gasteiger partial charge >= 0.3 is 5.97 Å². The number of pyridine rings is 3. The van der Waals surface area contributed by atoms with Crippen LogP contribution in [0.25, 0.3) is 22.6 Å². The number of carbonyl (C=O) groups is 2. The Bertz CT molecular complexity index is 2650. The van der Waals surface area contributed by atoms with E-state index in [9.17, 15) is 23.5 Å². The lowest BCUT2D eigenvalue weighted by molar-refractivity contribution is 0.0696.